The van der Waals surface area contributed by atoms with Crippen LogP contribution < -0.4 is 0 Å². The summed E-state index contributed by atoms with van der Waals surface area (Å²) in [5, 5.41) is 0. The van der Waals surface area contributed by atoms with E-state index in [4.69, 9.17) is 0 Å². The smallest absolute Gasteiger partial charge is 0.0222 e. The summed E-state index contributed by atoms with van der Waals surface area (Å²) in [5.41, 5.74) is 10.3. The molecule has 2 aliphatic carbocycles. The van der Waals surface area contributed by atoms with Crippen LogP contribution in [0, 0.1) is 0 Å². The predicted octanol–water partition coefficient (Wildman–Crippen LogP) is 6.44. The SMILES string of the molecule is CC1(C)c2cccc(C3Cc4ccccc43)c2-c2cccc(Br)c21. The third kappa shape index (κ3) is 1.74. The van der Waals surface area contributed by atoms with Crippen LogP contribution in [0.2, 0.25) is 0 Å². The first kappa shape index (κ1) is 14.5. The summed E-state index contributed by atoms with van der Waals surface area (Å²) >= 11 is 3.80. The zero-order valence-electron chi connectivity index (χ0n) is 13.9. The second-order valence-electron chi connectivity index (χ2n) is 7.51. The summed E-state index contributed by atoms with van der Waals surface area (Å²) < 4.78 is 1.22. The molecule has 1 unspecified atom stereocenters. The lowest BCUT2D eigenvalue weighted by Crippen LogP contribution is -2.19. The van der Waals surface area contributed by atoms with E-state index in [1.165, 1.54) is 43.4 Å². The maximum Gasteiger partial charge on any atom is 0.0222 e. The molecule has 0 N–H and O–H groups in total. The first-order valence-corrected chi connectivity index (χ1v) is 9.39. The van der Waals surface area contributed by atoms with Crippen LogP contribution in [0.5, 0.6) is 0 Å². The molecule has 3 aromatic rings. The summed E-state index contributed by atoms with van der Waals surface area (Å²) in [5.74, 6) is 0.539. The van der Waals surface area contributed by atoms with E-state index in [9.17, 15) is 0 Å². The monoisotopic (exact) mass is 374 g/mol. The minimum Gasteiger partial charge on any atom is -0.0620 e. The lowest BCUT2D eigenvalue weighted by Gasteiger charge is -2.32. The van der Waals surface area contributed by atoms with Gasteiger partial charge in [-0.1, -0.05) is 84.4 Å². The minimum atomic E-state index is 0.0457. The van der Waals surface area contributed by atoms with E-state index < -0.39 is 0 Å². The van der Waals surface area contributed by atoms with E-state index in [1.54, 1.807) is 0 Å². The Labute approximate surface area is 151 Å². The van der Waals surface area contributed by atoms with E-state index in [-0.39, 0.29) is 5.41 Å². The van der Waals surface area contributed by atoms with Gasteiger partial charge in [-0.3, -0.25) is 0 Å². The van der Waals surface area contributed by atoms with Crippen molar-refractivity contribution >= 4 is 15.9 Å². The first-order chi connectivity index (χ1) is 11.6. The fraction of sp³-hybridized carbons (Fsp3) is 0.217. The minimum absolute atomic E-state index is 0.0457. The molecule has 0 saturated carbocycles. The Kier molecular flexibility index (Phi) is 2.91. The van der Waals surface area contributed by atoms with Crippen molar-refractivity contribution in [3.05, 3.63) is 93.0 Å². The Morgan fingerprint density at radius 2 is 1.62 bits per heavy atom. The Morgan fingerprint density at radius 3 is 2.46 bits per heavy atom. The van der Waals surface area contributed by atoms with Gasteiger partial charge in [0.05, 0.1) is 0 Å². The summed E-state index contributed by atoms with van der Waals surface area (Å²) in [6.45, 7) is 4.70. The van der Waals surface area contributed by atoms with E-state index in [2.05, 4.69) is 90.4 Å². The van der Waals surface area contributed by atoms with Crippen LogP contribution in [0.15, 0.2) is 65.1 Å². The Bertz CT molecular complexity index is 981. The van der Waals surface area contributed by atoms with Crippen molar-refractivity contribution < 1.29 is 0 Å². The quantitative estimate of drug-likeness (QED) is 0.459. The predicted molar refractivity (Wildman–Crippen MR) is 104 cm³/mol. The van der Waals surface area contributed by atoms with E-state index >= 15 is 0 Å². The molecular formula is C23H19Br. The van der Waals surface area contributed by atoms with Gasteiger partial charge < -0.3 is 0 Å². The number of hydrogen-bond acceptors (Lipinski definition) is 0. The van der Waals surface area contributed by atoms with Crippen molar-refractivity contribution in [1.29, 1.82) is 0 Å². The molecule has 3 aromatic carbocycles. The van der Waals surface area contributed by atoms with Gasteiger partial charge in [0.15, 0.2) is 0 Å². The highest BCUT2D eigenvalue weighted by Gasteiger charge is 2.40. The van der Waals surface area contributed by atoms with Crippen LogP contribution in [0.25, 0.3) is 11.1 Å². The maximum absolute atomic E-state index is 3.80. The number of rotatable bonds is 1. The standard InChI is InChI=1S/C23H19Br/c1-23(2)19-11-5-9-16(18-13-14-7-3-4-8-15(14)18)21(19)17-10-6-12-20(24)22(17)23/h3-12,18H,13H2,1-2H3. The van der Waals surface area contributed by atoms with Gasteiger partial charge in [0, 0.05) is 15.8 Å². The molecule has 24 heavy (non-hydrogen) atoms. The summed E-state index contributed by atoms with van der Waals surface area (Å²) in [6.07, 6.45) is 1.16. The van der Waals surface area contributed by atoms with Crippen LogP contribution in [-0.4, -0.2) is 0 Å². The zero-order chi connectivity index (χ0) is 16.5. The first-order valence-electron chi connectivity index (χ1n) is 8.59. The molecule has 2 aliphatic rings. The third-order valence-corrected chi connectivity index (χ3v) is 6.57. The molecule has 0 spiro atoms. The van der Waals surface area contributed by atoms with Gasteiger partial charge in [0.2, 0.25) is 0 Å². The number of hydrogen-bond donors (Lipinski definition) is 0. The number of fused-ring (bicyclic) bond motifs is 4. The van der Waals surface area contributed by atoms with Crippen molar-refractivity contribution in [2.45, 2.75) is 31.6 Å². The van der Waals surface area contributed by atoms with Crippen LogP contribution in [0.3, 0.4) is 0 Å². The van der Waals surface area contributed by atoms with Gasteiger partial charge in [-0.2, -0.15) is 0 Å². The molecule has 0 nitrogen and oxygen atoms in total. The van der Waals surface area contributed by atoms with Crippen LogP contribution in [-0.2, 0) is 11.8 Å². The van der Waals surface area contributed by atoms with Crippen molar-refractivity contribution in [2.75, 3.05) is 0 Å². The molecule has 0 bridgehead atoms. The largest absolute Gasteiger partial charge is 0.0620 e. The highest BCUT2D eigenvalue weighted by atomic mass is 79.9. The van der Waals surface area contributed by atoms with Gasteiger partial charge in [0.25, 0.3) is 0 Å². The van der Waals surface area contributed by atoms with Crippen molar-refractivity contribution in [3.63, 3.8) is 0 Å². The molecular weight excluding hydrogens is 356 g/mol. The third-order valence-electron chi connectivity index (χ3n) is 5.91. The molecule has 1 heteroatoms. The second kappa shape index (κ2) is 4.83. The van der Waals surface area contributed by atoms with Gasteiger partial charge in [0.1, 0.15) is 0 Å². The normalized spacial score (nSPS) is 19.2. The van der Waals surface area contributed by atoms with E-state index in [0.717, 1.165) is 6.42 Å². The molecule has 0 heterocycles. The maximum atomic E-state index is 3.80. The average molecular weight is 375 g/mol. The molecule has 0 saturated heterocycles. The number of halogens is 1. The fourth-order valence-electron chi connectivity index (χ4n) is 4.72. The molecule has 0 fully saturated rings. The molecule has 1 atom stereocenters. The Balaban J connectivity index is 1.78. The summed E-state index contributed by atoms with van der Waals surface area (Å²) in [7, 11) is 0. The summed E-state index contributed by atoms with van der Waals surface area (Å²) in [4.78, 5) is 0. The lowest BCUT2D eigenvalue weighted by atomic mass is 9.71. The van der Waals surface area contributed by atoms with Crippen molar-refractivity contribution in [2.24, 2.45) is 0 Å². The zero-order valence-corrected chi connectivity index (χ0v) is 15.5. The highest BCUT2D eigenvalue weighted by molar-refractivity contribution is 9.10. The molecule has 0 aliphatic heterocycles. The topological polar surface area (TPSA) is 0 Å². The van der Waals surface area contributed by atoms with Crippen LogP contribution in [0.1, 0.15) is 47.6 Å². The Morgan fingerprint density at radius 1 is 0.875 bits per heavy atom. The summed E-state index contributed by atoms with van der Waals surface area (Å²) in [6, 6.07) is 22.4. The van der Waals surface area contributed by atoms with Crippen molar-refractivity contribution in [3.8, 4) is 11.1 Å². The Hall–Kier alpha value is -1.86. The lowest BCUT2D eigenvalue weighted by molar-refractivity contribution is 0.654. The van der Waals surface area contributed by atoms with E-state index in [1.807, 2.05) is 0 Å². The highest BCUT2D eigenvalue weighted by Crippen LogP contribution is 2.55. The van der Waals surface area contributed by atoms with Gasteiger partial charge in [-0.15, -0.1) is 0 Å². The van der Waals surface area contributed by atoms with Gasteiger partial charge in [-0.25, -0.2) is 0 Å². The van der Waals surface area contributed by atoms with Crippen LogP contribution in [0.4, 0.5) is 0 Å². The molecule has 118 valence electrons. The van der Waals surface area contributed by atoms with Gasteiger partial charge >= 0.3 is 0 Å². The molecule has 0 amide bonds. The van der Waals surface area contributed by atoms with E-state index in [0.29, 0.717) is 5.92 Å². The van der Waals surface area contributed by atoms with Crippen molar-refractivity contribution in [1.82, 2.24) is 0 Å². The molecule has 5 rings (SSSR count). The molecule has 0 aromatic heterocycles. The second-order valence-corrected chi connectivity index (χ2v) is 8.37. The number of benzene rings is 3. The molecule has 0 radical (unpaired) electrons. The van der Waals surface area contributed by atoms with Crippen LogP contribution >= 0.6 is 15.9 Å². The fourth-order valence-corrected chi connectivity index (χ4v) is 5.58. The average Bonchev–Trinajstić information content (AvgIpc) is 2.79. The van der Waals surface area contributed by atoms with Gasteiger partial charge in [-0.05, 0) is 51.4 Å².